The first kappa shape index (κ1) is 18.5. The van der Waals surface area contributed by atoms with Gasteiger partial charge in [-0.05, 0) is 48.2 Å². The molecule has 5 nitrogen and oxygen atoms in total. The van der Waals surface area contributed by atoms with Crippen molar-refractivity contribution in [3.05, 3.63) is 53.6 Å². The molecule has 1 aliphatic rings. The maximum absolute atomic E-state index is 12.5. The summed E-state index contributed by atoms with van der Waals surface area (Å²) in [5, 5.41) is 0. The van der Waals surface area contributed by atoms with Gasteiger partial charge in [0.25, 0.3) is 0 Å². The third-order valence-electron chi connectivity index (χ3n) is 4.46. The Balaban J connectivity index is 1.76. The van der Waals surface area contributed by atoms with Gasteiger partial charge < -0.3 is 9.47 Å². The van der Waals surface area contributed by atoms with Crippen LogP contribution in [-0.4, -0.2) is 40.0 Å². The van der Waals surface area contributed by atoms with E-state index in [2.05, 4.69) is 0 Å². The number of benzene rings is 2. The van der Waals surface area contributed by atoms with E-state index in [4.69, 9.17) is 9.47 Å². The van der Waals surface area contributed by atoms with Gasteiger partial charge in [-0.15, -0.1) is 0 Å². The molecule has 0 bridgehead atoms. The lowest BCUT2D eigenvalue weighted by molar-refractivity contribution is 0.355. The van der Waals surface area contributed by atoms with Gasteiger partial charge in [-0.1, -0.05) is 30.4 Å². The molecule has 1 heterocycles. The highest BCUT2D eigenvalue weighted by Gasteiger charge is 2.26. The van der Waals surface area contributed by atoms with Gasteiger partial charge in [0.15, 0.2) is 11.5 Å². The van der Waals surface area contributed by atoms with Gasteiger partial charge in [-0.2, -0.15) is 4.31 Å². The zero-order valence-corrected chi connectivity index (χ0v) is 15.8. The minimum absolute atomic E-state index is 0.350. The van der Waals surface area contributed by atoms with Crippen LogP contribution in [0, 0.1) is 0 Å². The predicted octanol–water partition coefficient (Wildman–Crippen LogP) is 3.66. The molecule has 0 amide bonds. The highest BCUT2D eigenvalue weighted by Crippen LogP contribution is 2.28. The molecule has 138 valence electrons. The molecule has 2 aromatic carbocycles. The molecule has 0 aliphatic carbocycles. The number of rotatable bonds is 6. The summed E-state index contributed by atoms with van der Waals surface area (Å²) in [5.41, 5.74) is 1.90. The predicted molar refractivity (Wildman–Crippen MR) is 103 cm³/mol. The van der Waals surface area contributed by atoms with E-state index in [0.717, 1.165) is 24.0 Å². The number of hydrogen-bond donors (Lipinski definition) is 0. The monoisotopic (exact) mass is 373 g/mol. The molecule has 0 N–H and O–H groups in total. The second-order valence-corrected chi connectivity index (χ2v) is 8.07. The van der Waals surface area contributed by atoms with Gasteiger partial charge in [-0.25, -0.2) is 8.42 Å². The Morgan fingerprint density at radius 1 is 0.846 bits per heavy atom. The number of nitrogens with zero attached hydrogens (tertiary/aromatic N) is 1. The number of hydrogen-bond acceptors (Lipinski definition) is 4. The Kier molecular flexibility index (Phi) is 5.64. The fraction of sp³-hybridized carbons (Fsp3) is 0.300. The van der Waals surface area contributed by atoms with Crippen molar-refractivity contribution in [1.29, 1.82) is 0 Å². The van der Waals surface area contributed by atoms with Crippen molar-refractivity contribution in [2.24, 2.45) is 0 Å². The molecule has 6 heteroatoms. The first-order valence-electron chi connectivity index (χ1n) is 8.55. The fourth-order valence-corrected chi connectivity index (χ4v) is 4.49. The van der Waals surface area contributed by atoms with Crippen molar-refractivity contribution in [2.75, 3.05) is 27.3 Å². The molecule has 0 aromatic heterocycles. The molecule has 2 aromatic rings. The van der Waals surface area contributed by atoms with Gasteiger partial charge in [0.05, 0.1) is 19.1 Å². The molecule has 0 unspecified atom stereocenters. The van der Waals surface area contributed by atoms with E-state index in [1.54, 1.807) is 30.7 Å². The average Bonchev–Trinajstić information content (AvgIpc) is 3.22. The van der Waals surface area contributed by atoms with Crippen molar-refractivity contribution >= 4 is 22.2 Å². The lowest BCUT2D eigenvalue weighted by atomic mass is 10.1. The van der Waals surface area contributed by atoms with Crippen molar-refractivity contribution in [1.82, 2.24) is 4.31 Å². The Labute approximate surface area is 154 Å². The highest BCUT2D eigenvalue weighted by molar-refractivity contribution is 7.89. The molecular weight excluding hydrogens is 350 g/mol. The molecule has 1 fully saturated rings. The smallest absolute Gasteiger partial charge is 0.243 e. The summed E-state index contributed by atoms with van der Waals surface area (Å²) < 4.78 is 37.2. The largest absolute Gasteiger partial charge is 0.493 e. The molecule has 26 heavy (non-hydrogen) atoms. The van der Waals surface area contributed by atoms with E-state index >= 15 is 0 Å². The SMILES string of the molecule is COc1ccc(/C=C/c2ccc(S(=O)(=O)N3CCCC3)cc2)cc1OC. The van der Waals surface area contributed by atoms with Gasteiger partial charge in [0, 0.05) is 13.1 Å². The van der Waals surface area contributed by atoms with E-state index in [0.29, 0.717) is 29.5 Å². The second-order valence-electron chi connectivity index (χ2n) is 6.13. The zero-order valence-electron chi connectivity index (χ0n) is 15.0. The first-order chi connectivity index (χ1) is 12.5. The van der Waals surface area contributed by atoms with Crippen LogP contribution >= 0.6 is 0 Å². The molecule has 1 saturated heterocycles. The van der Waals surface area contributed by atoms with E-state index < -0.39 is 10.0 Å². The van der Waals surface area contributed by atoms with Crippen molar-refractivity contribution in [3.63, 3.8) is 0 Å². The fourth-order valence-electron chi connectivity index (χ4n) is 2.98. The van der Waals surface area contributed by atoms with E-state index in [1.165, 1.54) is 0 Å². The molecule has 3 rings (SSSR count). The lowest BCUT2D eigenvalue weighted by Crippen LogP contribution is -2.27. The van der Waals surface area contributed by atoms with Crippen LogP contribution in [0.4, 0.5) is 0 Å². The van der Waals surface area contributed by atoms with Gasteiger partial charge >= 0.3 is 0 Å². The topological polar surface area (TPSA) is 55.8 Å². The number of methoxy groups -OCH3 is 2. The molecule has 0 radical (unpaired) electrons. The second kappa shape index (κ2) is 7.93. The van der Waals surface area contributed by atoms with Crippen LogP contribution in [0.25, 0.3) is 12.2 Å². The van der Waals surface area contributed by atoms with Crippen LogP contribution in [0.15, 0.2) is 47.4 Å². The van der Waals surface area contributed by atoms with Gasteiger partial charge in [-0.3, -0.25) is 0 Å². The first-order valence-corrected chi connectivity index (χ1v) is 9.99. The summed E-state index contributed by atoms with van der Waals surface area (Å²) in [4.78, 5) is 0.350. The van der Waals surface area contributed by atoms with E-state index in [1.807, 2.05) is 42.5 Å². The van der Waals surface area contributed by atoms with Crippen molar-refractivity contribution in [3.8, 4) is 11.5 Å². The quantitative estimate of drug-likeness (QED) is 0.725. The summed E-state index contributed by atoms with van der Waals surface area (Å²) in [6, 6.07) is 12.7. The van der Waals surface area contributed by atoms with Crippen LogP contribution < -0.4 is 9.47 Å². The summed E-state index contributed by atoms with van der Waals surface area (Å²) in [6.45, 7) is 1.23. The lowest BCUT2D eigenvalue weighted by Gasteiger charge is -2.15. The zero-order chi connectivity index (χ0) is 18.6. The van der Waals surface area contributed by atoms with Crippen LogP contribution in [-0.2, 0) is 10.0 Å². The number of sulfonamides is 1. The Morgan fingerprint density at radius 3 is 2.04 bits per heavy atom. The minimum atomic E-state index is -3.36. The summed E-state index contributed by atoms with van der Waals surface area (Å²) in [7, 11) is -0.156. The molecule has 0 atom stereocenters. The molecule has 1 aliphatic heterocycles. The standard InChI is InChI=1S/C20H23NO4S/c1-24-19-12-9-17(15-20(19)25-2)6-5-16-7-10-18(11-8-16)26(22,23)21-13-3-4-14-21/h5-12,15H,3-4,13-14H2,1-2H3/b6-5+. The molecule has 0 spiro atoms. The maximum atomic E-state index is 12.5. The average molecular weight is 373 g/mol. The Bertz CT molecular complexity index is 883. The molecular formula is C20H23NO4S. The van der Waals surface area contributed by atoms with Crippen molar-refractivity contribution < 1.29 is 17.9 Å². The Hall–Kier alpha value is -2.31. The van der Waals surface area contributed by atoms with Crippen molar-refractivity contribution in [2.45, 2.75) is 17.7 Å². The van der Waals surface area contributed by atoms with Gasteiger partial charge in [0.1, 0.15) is 0 Å². The summed E-state index contributed by atoms with van der Waals surface area (Å²) in [5.74, 6) is 1.35. The van der Waals surface area contributed by atoms with Crippen LogP contribution in [0.3, 0.4) is 0 Å². The Morgan fingerprint density at radius 2 is 1.42 bits per heavy atom. The summed E-state index contributed by atoms with van der Waals surface area (Å²) in [6.07, 6.45) is 5.76. The van der Waals surface area contributed by atoms with Crippen LogP contribution in [0.2, 0.25) is 0 Å². The highest BCUT2D eigenvalue weighted by atomic mass is 32.2. The van der Waals surface area contributed by atoms with Crippen LogP contribution in [0.1, 0.15) is 24.0 Å². The normalized spacial score (nSPS) is 15.5. The molecule has 0 saturated carbocycles. The maximum Gasteiger partial charge on any atom is 0.243 e. The number of ether oxygens (including phenoxy) is 2. The third kappa shape index (κ3) is 3.92. The van der Waals surface area contributed by atoms with Crippen LogP contribution in [0.5, 0.6) is 11.5 Å². The third-order valence-corrected chi connectivity index (χ3v) is 6.37. The van der Waals surface area contributed by atoms with Gasteiger partial charge in [0.2, 0.25) is 10.0 Å². The minimum Gasteiger partial charge on any atom is -0.493 e. The summed E-state index contributed by atoms with van der Waals surface area (Å²) >= 11 is 0. The van der Waals surface area contributed by atoms with E-state index in [9.17, 15) is 8.42 Å². The van der Waals surface area contributed by atoms with E-state index in [-0.39, 0.29) is 0 Å².